The van der Waals surface area contributed by atoms with Crippen molar-refractivity contribution in [3.05, 3.63) is 0 Å². The van der Waals surface area contributed by atoms with Gasteiger partial charge in [-0.15, -0.1) is 0 Å². The van der Waals surface area contributed by atoms with E-state index in [4.69, 9.17) is 5.11 Å². The van der Waals surface area contributed by atoms with Crippen LogP contribution >= 0.6 is 0 Å². The van der Waals surface area contributed by atoms with E-state index >= 15 is 0 Å². The van der Waals surface area contributed by atoms with Gasteiger partial charge in [0.2, 0.25) is 0 Å². The maximum atomic E-state index is 11.0. The van der Waals surface area contributed by atoms with Crippen molar-refractivity contribution < 1.29 is 9.90 Å². The summed E-state index contributed by atoms with van der Waals surface area (Å²) in [5.74, 6) is 0.545. The predicted molar refractivity (Wildman–Crippen MR) is 49.5 cm³/mol. The fourth-order valence-corrected chi connectivity index (χ4v) is 1.41. The number of aliphatic hydroxyl groups excluding tert-OH is 1. The highest BCUT2D eigenvalue weighted by Crippen LogP contribution is 2.13. The Hall–Kier alpha value is -0.810. The van der Waals surface area contributed by atoms with E-state index < -0.39 is 0 Å². The molecule has 5 heteroatoms. The van der Waals surface area contributed by atoms with Gasteiger partial charge in [-0.05, 0) is 0 Å². The fraction of sp³-hybridized carbons (Fsp3) is 0.875. The van der Waals surface area contributed by atoms with Crippen LogP contribution in [0.3, 0.4) is 0 Å². The Balaban J connectivity index is 2.01. The van der Waals surface area contributed by atoms with Gasteiger partial charge < -0.3 is 20.6 Å². The van der Waals surface area contributed by atoms with Crippen LogP contribution in [0.4, 0.5) is 4.79 Å². The standard InChI is InChI=1S/C8H17N3O2/c1-9-8(13)11-5-7(6-11)4-10-2-3-12/h7,10,12H,2-6H2,1H3,(H,9,13). The lowest BCUT2D eigenvalue weighted by Crippen LogP contribution is -2.55. The lowest BCUT2D eigenvalue weighted by molar-refractivity contribution is 0.120. The average Bonchev–Trinajstić information content (AvgIpc) is 2.08. The summed E-state index contributed by atoms with van der Waals surface area (Å²) in [6.07, 6.45) is 0. The molecule has 0 radical (unpaired) electrons. The molecule has 5 nitrogen and oxygen atoms in total. The molecule has 0 spiro atoms. The summed E-state index contributed by atoms with van der Waals surface area (Å²) in [4.78, 5) is 12.8. The Morgan fingerprint density at radius 1 is 1.62 bits per heavy atom. The summed E-state index contributed by atoms with van der Waals surface area (Å²) >= 11 is 0. The molecule has 1 fully saturated rings. The summed E-state index contributed by atoms with van der Waals surface area (Å²) in [6, 6.07) is -0.00147. The molecule has 2 amide bonds. The molecule has 0 saturated carbocycles. The van der Waals surface area contributed by atoms with Crippen molar-refractivity contribution in [2.45, 2.75) is 0 Å². The summed E-state index contributed by atoms with van der Waals surface area (Å²) in [5.41, 5.74) is 0. The number of carbonyl (C=O) groups is 1. The second-order valence-corrected chi connectivity index (χ2v) is 3.25. The van der Waals surface area contributed by atoms with Gasteiger partial charge in [-0.3, -0.25) is 0 Å². The van der Waals surface area contributed by atoms with Crippen LogP contribution in [-0.2, 0) is 0 Å². The smallest absolute Gasteiger partial charge is 0.317 e. The molecular weight excluding hydrogens is 170 g/mol. The first-order valence-corrected chi connectivity index (χ1v) is 4.56. The number of hydrogen-bond acceptors (Lipinski definition) is 3. The lowest BCUT2D eigenvalue weighted by atomic mass is 10.0. The molecule has 1 saturated heterocycles. The molecule has 0 atom stereocenters. The van der Waals surface area contributed by atoms with Gasteiger partial charge >= 0.3 is 6.03 Å². The zero-order chi connectivity index (χ0) is 9.68. The number of nitrogens with zero attached hydrogens (tertiary/aromatic N) is 1. The first-order valence-electron chi connectivity index (χ1n) is 4.56. The predicted octanol–water partition coefficient (Wildman–Crippen LogP) is -1.16. The Morgan fingerprint density at radius 3 is 2.85 bits per heavy atom. The summed E-state index contributed by atoms with van der Waals surface area (Å²) in [7, 11) is 1.64. The van der Waals surface area contributed by atoms with Crippen molar-refractivity contribution >= 4 is 6.03 Å². The van der Waals surface area contributed by atoms with Crippen LogP contribution in [0.1, 0.15) is 0 Å². The van der Waals surface area contributed by atoms with Crippen molar-refractivity contribution in [2.24, 2.45) is 5.92 Å². The highest BCUT2D eigenvalue weighted by molar-refractivity contribution is 5.74. The molecule has 0 bridgehead atoms. The molecule has 0 aromatic carbocycles. The van der Waals surface area contributed by atoms with E-state index in [-0.39, 0.29) is 12.6 Å². The van der Waals surface area contributed by atoms with E-state index in [1.54, 1.807) is 11.9 Å². The van der Waals surface area contributed by atoms with Gasteiger partial charge in [0.15, 0.2) is 0 Å². The number of aliphatic hydroxyl groups is 1. The number of likely N-dealkylation sites (tertiary alicyclic amines) is 1. The van der Waals surface area contributed by atoms with E-state index in [2.05, 4.69) is 10.6 Å². The van der Waals surface area contributed by atoms with Crippen molar-refractivity contribution in [3.8, 4) is 0 Å². The van der Waals surface area contributed by atoms with Crippen molar-refractivity contribution in [3.63, 3.8) is 0 Å². The van der Waals surface area contributed by atoms with Crippen LogP contribution < -0.4 is 10.6 Å². The molecule has 76 valence electrons. The zero-order valence-electron chi connectivity index (χ0n) is 7.92. The third-order valence-electron chi connectivity index (χ3n) is 2.18. The van der Waals surface area contributed by atoms with Gasteiger partial charge in [-0.25, -0.2) is 4.79 Å². The lowest BCUT2D eigenvalue weighted by Gasteiger charge is -2.38. The van der Waals surface area contributed by atoms with Gasteiger partial charge in [-0.1, -0.05) is 0 Å². The Morgan fingerprint density at radius 2 is 2.31 bits per heavy atom. The van der Waals surface area contributed by atoms with Crippen LogP contribution in [0.25, 0.3) is 0 Å². The Bertz CT molecular complexity index is 169. The molecule has 3 N–H and O–H groups in total. The first kappa shape index (κ1) is 10.3. The molecule has 0 unspecified atom stereocenters. The fourth-order valence-electron chi connectivity index (χ4n) is 1.41. The zero-order valence-corrected chi connectivity index (χ0v) is 7.92. The van der Waals surface area contributed by atoms with Gasteiger partial charge in [-0.2, -0.15) is 0 Å². The van der Waals surface area contributed by atoms with Crippen LogP contribution in [0.2, 0.25) is 0 Å². The van der Waals surface area contributed by atoms with E-state index in [0.29, 0.717) is 12.5 Å². The SMILES string of the molecule is CNC(=O)N1CC(CNCCO)C1. The number of nitrogens with one attached hydrogen (secondary N) is 2. The summed E-state index contributed by atoms with van der Waals surface area (Å²) in [6.45, 7) is 3.33. The number of rotatable bonds is 4. The van der Waals surface area contributed by atoms with Crippen molar-refractivity contribution in [2.75, 3.05) is 39.8 Å². The molecule has 0 aromatic heterocycles. The minimum atomic E-state index is -0.00147. The van der Waals surface area contributed by atoms with Gasteiger partial charge in [0.25, 0.3) is 0 Å². The van der Waals surface area contributed by atoms with Crippen LogP contribution in [0, 0.1) is 5.92 Å². The molecule has 1 rings (SSSR count). The normalized spacial score (nSPS) is 16.9. The maximum Gasteiger partial charge on any atom is 0.317 e. The van der Waals surface area contributed by atoms with Crippen molar-refractivity contribution in [1.82, 2.24) is 15.5 Å². The number of amides is 2. The second-order valence-electron chi connectivity index (χ2n) is 3.25. The number of hydrogen-bond donors (Lipinski definition) is 3. The van der Waals surface area contributed by atoms with Crippen molar-refractivity contribution in [1.29, 1.82) is 0 Å². The number of urea groups is 1. The quantitative estimate of drug-likeness (QED) is 0.486. The molecule has 0 aromatic rings. The number of carbonyl (C=O) groups excluding carboxylic acids is 1. The Labute approximate surface area is 78.1 Å². The molecule has 1 heterocycles. The highest BCUT2D eigenvalue weighted by Gasteiger charge is 2.29. The first-order chi connectivity index (χ1) is 6.27. The van der Waals surface area contributed by atoms with Crippen LogP contribution in [0.15, 0.2) is 0 Å². The third kappa shape index (κ3) is 2.86. The van der Waals surface area contributed by atoms with Crippen LogP contribution in [-0.4, -0.2) is 55.9 Å². The molecule has 0 aliphatic carbocycles. The largest absolute Gasteiger partial charge is 0.395 e. The maximum absolute atomic E-state index is 11.0. The van der Waals surface area contributed by atoms with Gasteiger partial charge in [0, 0.05) is 39.1 Å². The van der Waals surface area contributed by atoms with Gasteiger partial charge in [0.05, 0.1) is 6.61 Å². The monoisotopic (exact) mass is 187 g/mol. The Kier molecular flexibility index (Phi) is 3.98. The van der Waals surface area contributed by atoms with E-state index in [9.17, 15) is 4.79 Å². The van der Waals surface area contributed by atoms with Gasteiger partial charge in [0.1, 0.15) is 0 Å². The van der Waals surface area contributed by atoms with E-state index in [0.717, 1.165) is 19.6 Å². The summed E-state index contributed by atoms with van der Waals surface area (Å²) in [5, 5.41) is 14.2. The molecular formula is C8H17N3O2. The third-order valence-corrected chi connectivity index (χ3v) is 2.18. The highest BCUT2D eigenvalue weighted by atomic mass is 16.3. The minimum Gasteiger partial charge on any atom is -0.395 e. The summed E-state index contributed by atoms with van der Waals surface area (Å²) < 4.78 is 0. The topological polar surface area (TPSA) is 64.6 Å². The average molecular weight is 187 g/mol. The minimum absolute atomic E-state index is 0.00147. The molecule has 1 aliphatic heterocycles. The molecule has 1 aliphatic rings. The van der Waals surface area contributed by atoms with E-state index in [1.807, 2.05) is 0 Å². The van der Waals surface area contributed by atoms with Crippen LogP contribution in [0.5, 0.6) is 0 Å². The molecule has 13 heavy (non-hydrogen) atoms. The second kappa shape index (κ2) is 5.04. The van der Waals surface area contributed by atoms with E-state index in [1.165, 1.54) is 0 Å².